The average molecular weight is 115 g/mol. The van der Waals surface area contributed by atoms with Gasteiger partial charge in [0.25, 0.3) is 0 Å². The van der Waals surface area contributed by atoms with Crippen LogP contribution in [0.3, 0.4) is 0 Å². The number of hydrogen-bond acceptors (Lipinski definition) is 2. The van der Waals surface area contributed by atoms with Crippen LogP contribution >= 0.6 is 0 Å². The molecule has 0 amide bonds. The molecule has 0 spiro atoms. The van der Waals surface area contributed by atoms with Gasteiger partial charge in [-0.25, -0.2) is 0 Å². The number of hydrogen-bond donors (Lipinski definition) is 2. The van der Waals surface area contributed by atoms with E-state index in [1.165, 1.54) is 0 Å². The lowest BCUT2D eigenvalue weighted by molar-refractivity contribution is 0.236. The maximum Gasteiger partial charge on any atom is 0.0471 e. The fraction of sp³-hybridized carbons (Fsp3) is 1.00. The molecule has 1 rings (SSSR count). The van der Waals surface area contributed by atoms with Crippen LogP contribution in [-0.2, 0) is 0 Å². The first kappa shape index (κ1) is 6.05. The molecule has 2 N–H and O–H groups in total. The molecule has 0 aromatic heterocycles. The lowest BCUT2D eigenvalue weighted by Crippen LogP contribution is -2.17. The Morgan fingerprint density at radius 2 is 2.50 bits per heavy atom. The van der Waals surface area contributed by atoms with Crippen molar-refractivity contribution in [3.63, 3.8) is 0 Å². The minimum Gasteiger partial charge on any atom is -0.396 e. The molecule has 2 nitrogen and oxygen atoms in total. The monoisotopic (exact) mass is 115 g/mol. The molecule has 8 heavy (non-hydrogen) atoms. The first-order valence-corrected chi connectivity index (χ1v) is 3.17. The predicted octanol–water partition coefficient (Wildman–Crippen LogP) is -0.0233. The highest BCUT2D eigenvalue weighted by Gasteiger charge is 2.18. The minimum absolute atomic E-state index is 0.345. The molecule has 1 saturated heterocycles. The molecular weight excluding hydrogens is 102 g/mol. The summed E-state index contributed by atoms with van der Waals surface area (Å²) >= 11 is 0. The average Bonchev–Trinajstić information content (AvgIpc) is 2.14. The van der Waals surface area contributed by atoms with E-state index < -0.39 is 0 Å². The lowest BCUT2D eigenvalue weighted by Gasteiger charge is -1.99. The Balaban J connectivity index is 2.22. The molecule has 1 aliphatic heterocycles. The molecule has 0 aromatic carbocycles. The van der Waals surface area contributed by atoms with E-state index in [2.05, 4.69) is 12.2 Å². The normalized spacial score (nSPS) is 38.2. The molecule has 0 unspecified atom stereocenters. The highest BCUT2D eigenvalue weighted by molar-refractivity contribution is 4.76. The Kier molecular flexibility index (Phi) is 1.86. The maximum atomic E-state index is 8.64. The van der Waals surface area contributed by atoms with Crippen molar-refractivity contribution in [1.29, 1.82) is 0 Å². The second-order valence-electron chi connectivity index (χ2n) is 2.59. The van der Waals surface area contributed by atoms with Crippen LogP contribution in [0.15, 0.2) is 0 Å². The van der Waals surface area contributed by atoms with Crippen molar-refractivity contribution in [2.45, 2.75) is 19.4 Å². The van der Waals surface area contributed by atoms with Crippen molar-refractivity contribution in [3.8, 4) is 0 Å². The Hall–Kier alpha value is -0.0800. The predicted molar refractivity (Wildman–Crippen MR) is 32.7 cm³/mol. The zero-order chi connectivity index (χ0) is 5.98. The first-order valence-electron chi connectivity index (χ1n) is 3.17. The van der Waals surface area contributed by atoms with E-state index in [1.807, 2.05) is 0 Å². The van der Waals surface area contributed by atoms with E-state index in [-0.39, 0.29) is 0 Å². The summed E-state index contributed by atoms with van der Waals surface area (Å²) in [5, 5.41) is 11.9. The van der Waals surface area contributed by atoms with Gasteiger partial charge in [-0.05, 0) is 19.3 Å². The molecule has 0 aliphatic carbocycles. The van der Waals surface area contributed by atoms with Gasteiger partial charge < -0.3 is 10.4 Å². The fourth-order valence-corrected chi connectivity index (χ4v) is 1.17. The third kappa shape index (κ3) is 1.20. The van der Waals surface area contributed by atoms with Gasteiger partial charge >= 0.3 is 0 Å². The molecule has 1 aliphatic rings. The molecule has 0 aromatic rings. The van der Waals surface area contributed by atoms with Crippen molar-refractivity contribution < 1.29 is 5.11 Å². The van der Waals surface area contributed by atoms with Crippen LogP contribution in [0.4, 0.5) is 0 Å². The van der Waals surface area contributed by atoms with Crippen LogP contribution in [0.1, 0.15) is 13.3 Å². The smallest absolute Gasteiger partial charge is 0.0471 e. The number of nitrogens with one attached hydrogen (secondary N) is 1. The third-order valence-corrected chi connectivity index (χ3v) is 1.70. The van der Waals surface area contributed by atoms with Gasteiger partial charge in [0, 0.05) is 19.2 Å². The van der Waals surface area contributed by atoms with Crippen molar-refractivity contribution in [3.05, 3.63) is 0 Å². The second-order valence-corrected chi connectivity index (χ2v) is 2.59. The zero-order valence-electron chi connectivity index (χ0n) is 5.22. The summed E-state index contributed by atoms with van der Waals surface area (Å²) < 4.78 is 0. The molecule has 1 fully saturated rings. The van der Waals surface area contributed by atoms with Gasteiger partial charge in [0.05, 0.1) is 0 Å². The van der Waals surface area contributed by atoms with E-state index in [4.69, 9.17) is 5.11 Å². The molecule has 48 valence electrons. The van der Waals surface area contributed by atoms with Gasteiger partial charge in [0.1, 0.15) is 0 Å². The Labute approximate surface area is 49.9 Å². The molecule has 2 atom stereocenters. The van der Waals surface area contributed by atoms with E-state index in [1.54, 1.807) is 0 Å². The molecule has 2 heteroatoms. The highest BCUT2D eigenvalue weighted by Crippen LogP contribution is 2.11. The summed E-state index contributed by atoms with van der Waals surface area (Å²) in [6, 6.07) is 0.618. The van der Waals surface area contributed by atoms with Crippen molar-refractivity contribution in [2.24, 2.45) is 5.92 Å². The summed E-state index contributed by atoms with van der Waals surface area (Å²) in [4.78, 5) is 0. The maximum absolute atomic E-state index is 8.64. The van der Waals surface area contributed by atoms with Gasteiger partial charge in [-0.15, -0.1) is 0 Å². The van der Waals surface area contributed by atoms with Crippen LogP contribution in [-0.4, -0.2) is 24.3 Å². The summed E-state index contributed by atoms with van der Waals surface area (Å²) in [5.41, 5.74) is 0. The van der Waals surface area contributed by atoms with E-state index >= 15 is 0 Å². The number of aliphatic hydroxyl groups is 1. The van der Waals surface area contributed by atoms with Crippen LogP contribution in [0.5, 0.6) is 0 Å². The zero-order valence-corrected chi connectivity index (χ0v) is 5.22. The van der Waals surface area contributed by atoms with E-state index in [0.717, 1.165) is 13.0 Å². The minimum atomic E-state index is 0.345. The van der Waals surface area contributed by atoms with Crippen molar-refractivity contribution in [1.82, 2.24) is 5.32 Å². The standard InChI is InChI=1S/C6H13NO/c1-5-2-6(4-8)3-7-5/h5-8H,2-4H2,1H3/t5-,6+/m0/s1. The van der Waals surface area contributed by atoms with Crippen molar-refractivity contribution >= 4 is 0 Å². The molecule has 0 bridgehead atoms. The summed E-state index contributed by atoms with van der Waals surface area (Å²) in [7, 11) is 0. The Morgan fingerprint density at radius 1 is 1.75 bits per heavy atom. The second kappa shape index (κ2) is 2.46. The largest absolute Gasteiger partial charge is 0.396 e. The quantitative estimate of drug-likeness (QED) is 0.503. The Bertz CT molecular complexity index is 74.9. The summed E-state index contributed by atoms with van der Waals surface area (Å²) in [6.45, 7) is 3.49. The molecule has 0 saturated carbocycles. The van der Waals surface area contributed by atoms with Crippen LogP contribution in [0.25, 0.3) is 0 Å². The Morgan fingerprint density at radius 3 is 2.75 bits per heavy atom. The van der Waals surface area contributed by atoms with Gasteiger partial charge in [-0.2, -0.15) is 0 Å². The van der Waals surface area contributed by atoms with E-state index in [9.17, 15) is 0 Å². The molecule has 0 radical (unpaired) electrons. The van der Waals surface area contributed by atoms with Crippen LogP contribution in [0.2, 0.25) is 0 Å². The molecule has 1 heterocycles. The summed E-state index contributed by atoms with van der Waals surface area (Å²) in [5.74, 6) is 0.519. The van der Waals surface area contributed by atoms with Gasteiger partial charge in [-0.1, -0.05) is 0 Å². The molecular formula is C6H13NO. The summed E-state index contributed by atoms with van der Waals surface area (Å²) in [6.07, 6.45) is 1.14. The van der Waals surface area contributed by atoms with E-state index in [0.29, 0.717) is 18.6 Å². The number of rotatable bonds is 1. The van der Waals surface area contributed by atoms with Crippen LogP contribution < -0.4 is 5.32 Å². The van der Waals surface area contributed by atoms with Gasteiger partial charge in [0.2, 0.25) is 0 Å². The first-order chi connectivity index (χ1) is 3.83. The fourth-order valence-electron chi connectivity index (χ4n) is 1.17. The lowest BCUT2D eigenvalue weighted by atomic mass is 10.1. The van der Waals surface area contributed by atoms with Crippen molar-refractivity contribution in [2.75, 3.05) is 13.2 Å². The van der Waals surface area contributed by atoms with Gasteiger partial charge in [-0.3, -0.25) is 0 Å². The third-order valence-electron chi connectivity index (χ3n) is 1.70. The van der Waals surface area contributed by atoms with Gasteiger partial charge in [0.15, 0.2) is 0 Å². The SMILES string of the molecule is C[C@H]1C[C@@H](CO)CN1. The highest BCUT2D eigenvalue weighted by atomic mass is 16.3. The van der Waals surface area contributed by atoms with Crippen LogP contribution in [0, 0.1) is 5.92 Å². The topological polar surface area (TPSA) is 32.3 Å². The number of aliphatic hydroxyl groups excluding tert-OH is 1.